The van der Waals surface area contributed by atoms with Gasteiger partial charge in [-0.25, -0.2) is 0 Å². The van der Waals surface area contributed by atoms with Crippen molar-refractivity contribution in [1.29, 1.82) is 0 Å². The third kappa shape index (κ3) is 3.34. The summed E-state index contributed by atoms with van der Waals surface area (Å²) in [5.74, 6) is 0.477. The van der Waals surface area contributed by atoms with Crippen molar-refractivity contribution >= 4 is 16.9 Å². The first kappa shape index (κ1) is 20.0. The molecule has 5 rings (SSSR count). The molecular formula is C26H22N2O4. The van der Waals surface area contributed by atoms with Gasteiger partial charge in [-0.2, -0.15) is 0 Å². The quantitative estimate of drug-likeness (QED) is 0.465. The third-order valence-corrected chi connectivity index (χ3v) is 5.68. The van der Waals surface area contributed by atoms with Crippen LogP contribution in [0.15, 0.2) is 76.2 Å². The highest BCUT2D eigenvalue weighted by Gasteiger charge is 2.42. The van der Waals surface area contributed by atoms with Gasteiger partial charge in [-0.15, -0.1) is 0 Å². The molecule has 1 amide bonds. The Morgan fingerprint density at radius 1 is 1.09 bits per heavy atom. The van der Waals surface area contributed by atoms with Gasteiger partial charge in [0.25, 0.3) is 5.91 Å². The summed E-state index contributed by atoms with van der Waals surface area (Å²) in [6.45, 7) is 4.66. The molecule has 0 aliphatic carbocycles. The molecule has 2 aromatic carbocycles. The minimum atomic E-state index is -0.584. The zero-order valence-corrected chi connectivity index (χ0v) is 17.9. The van der Waals surface area contributed by atoms with E-state index in [4.69, 9.17) is 9.15 Å². The molecule has 0 radical (unpaired) electrons. The molecule has 0 spiro atoms. The van der Waals surface area contributed by atoms with Gasteiger partial charge in [0.05, 0.1) is 23.6 Å². The maximum absolute atomic E-state index is 13.6. The van der Waals surface area contributed by atoms with E-state index in [-0.39, 0.29) is 17.1 Å². The van der Waals surface area contributed by atoms with Gasteiger partial charge >= 0.3 is 0 Å². The van der Waals surface area contributed by atoms with Crippen molar-refractivity contribution in [3.8, 4) is 5.75 Å². The Kier molecular flexibility index (Phi) is 4.98. The summed E-state index contributed by atoms with van der Waals surface area (Å²) >= 11 is 0. The van der Waals surface area contributed by atoms with Crippen LogP contribution in [0.2, 0.25) is 0 Å². The van der Waals surface area contributed by atoms with Gasteiger partial charge in [0.1, 0.15) is 11.3 Å². The normalized spacial score (nSPS) is 15.2. The lowest BCUT2D eigenvalue weighted by molar-refractivity contribution is 0.0714. The van der Waals surface area contributed by atoms with Gasteiger partial charge in [0.15, 0.2) is 5.43 Å². The maximum Gasteiger partial charge on any atom is 0.291 e. The fourth-order valence-corrected chi connectivity index (χ4v) is 4.27. The number of ether oxygens (including phenoxy) is 1. The van der Waals surface area contributed by atoms with Crippen LogP contribution in [0.4, 0.5) is 0 Å². The van der Waals surface area contributed by atoms with Gasteiger partial charge in [-0.05, 0) is 55.3 Å². The fraction of sp³-hybridized carbons (Fsp3) is 0.192. The van der Waals surface area contributed by atoms with Crippen LogP contribution in [-0.2, 0) is 6.54 Å². The van der Waals surface area contributed by atoms with E-state index in [9.17, 15) is 9.59 Å². The molecule has 4 aromatic rings. The topological polar surface area (TPSA) is 72.6 Å². The zero-order valence-electron chi connectivity index (χ0n) is 17.9. The molecule has 160 valence electrons. The second-order valence-electron chi connectivity index (χ2n) is 7.88. The Balaban J connectivity index is 1.72. The molecule has 1 aliphatic heterocycles. The number of fused-ring (bicyclic) bond motifs is 2. The predicted octanol–water partition coefficient (Wildman–Crippen LogP) is 4.64. The molecule has 0 saturated heterocycles. The van der Waals surface area contributed by atoms with Crippen LogP contribution in [0.1, 0.15) is 45.8 Å². The van der Waals surface area contributed by atoms with E-state index in [0.717, 1.165) is 16.7 Å². The molecule has 1 unspecified atom stereocenters. The summed E-state index contributed by atoms with van der Waals surface area (Å²) in [5.41, 5.74) is 3.22. The molecule has 1 aliphatic rings. The van der Waals surface area contributed by atoms with Gasteiger partial charge in [-0.3, -0.25) is 14.6 Å². The lowest BCUT2D eigenvalue weighted by Gasteiger charge is -2.25. The highest BCUT2D eigenvalue weighted by Crippen LogP contribution is 2.40. The Hall–Kier alpha value is -3.93. The van der Waals surface area contributed by atoms with Crippen LogP contribution in [0.5, 0.6) is 5.75 Å². The number of pyridine rings is 1. The first-order chi connectivity index (χ1) is 15.6. The summed E-state index contributed by atoms with van der Waals surface area (Å²) in [6, 6.07) is 16.1. The van der Waals surface area contributed by atoms with Crippen molar-refractivity contribution in [3.63, 3.8) is 0 Å². The summed E-state index contributed by atoms with van der Waals surface area (Å²) < 4.78 is 11.7. The summed E-state index contributed by atoms with van der Waals surface area (Å²) in [6.07, 6.45) is 3.41. The largest absolute Gasteiger partial charge is 0.494 e. The molecule has 6 nitrogen and oxygen atoms in total. The number of hydrogen-bond acceptors (Lipinski definition) is 5. The third-order valence-electron chi connectivity index (χ3n) is 5.68. The molecule has 0 N–H and O–H groups in total. The number of carbonyl (C=O) groups excluding carboxylic acids is 1. The minimum Gasteiger partial charge on any atom is -0.494 e. The van der Waals surface area contributed by atoms with E-state index in [1.807, 2.05) is 62.4 Å². The Bertz CT molecular complexity index is 1380. The molecule has 0 bridgehead atoms. The molecule has 0 saturated carbocycles. The van der Waals surface area contributed by atoms with E-state index in [1.54, 1.807) is 23.4 Å². The maximum atomic E-state index is 13.6. The minimum absolute atomic E-state index is 0.0991. The van der Waals surface area contributed by atoms with E-state index in [1.165, 1.54) is 0 Å². The molecule has 0 fully saturated rings. The van der Waals surface area contributed by atoms with Crippen molar-refractivity contribution < 1.29 is 13.9 Å². The van der Waals surface area contributed by atoms with Crippen LogP contribution < -0.4 is 10.2 Å². The molecule has 3 heterocycles. The average Bonchev–Trinajstić information content (AvgIpc) is 3.07. The van der Waals surface area contributed by atoms with Gasteiger partial charge < -0.3 is 14.1 Å². The van der Waals surface area contributed by atoms with Crippen molar-refractivity contribution in [2.24, 2.45) is 0 Å². The number of aromatic nitrogens is 1. The van der Waals surface area contributed by atoms with Crippen LogP contribution in [0.3, 0.4) is 0 Å². The van der Waals surface area contributed by atoms with Crippen molar-refractivity contribution in [3.05, 3.63) is 105 Å². The first-order valence-electron chi connectivity index (χ1n) is 10.6. The van der Waals surface area contributed by atoms with Crippen LogP contribution in [0.25, 0.3) is 11.0 Å². The summed E-state index contributed by atoms with van der Waals surface area (Å²) in [4.78, 5) is 33.0. The first-order valence-corrected chi connectivity index (χ1v) is 10.6. The number of amides is 1. The number of aryl methyl sites for hydroxylation is 1. The lowest BCUT2D eigenvalue weighted by atomic mass is 9.97. The van der Waals surface area contributed by atoms with Crippen molar-refractivity contribution in [2.45, 2.75) is 26.4 Å². The molecule has 32 heavy (non-hydrogen) atoms. The average molecular weight is 426 g/mol. The second-order valence-corrected chi connectivity index (χ2v) is 7.88. The monoisotopic (exact) mass is 426 g/mol. The van der Waals surface area contributed by atoms with Crippen molar-refractivity contribution in [2.75, 3.05) is 6.61 Å². The number of hydrogen-bond donors (Lipinski definition) is 0. The molecular weight excluding hydrogens is 404 g/mol. The second kappa shape index (κ2) is 7.96. The molecule has 6 heteroatoms. The standard InChI is InChI=1S/C26H22N2O4/c1-3-31-19-8-4-7-18(13-19)23-22-24(29)20-12-16(2)9-10-21(20)32-25(22)26(30)28(23)15-17-6-5-11-27-14-17/h4-14,23H,3,15H2,1-2H3. The SMILES string of the molecule is CCOc1cccc(C2c3c(oc4ccc(C)cc4c3=O)C(=O)N2Cc2cccnc2)c1. The highest BCUT2D eigenvalue weighted by molar-refractivity contribution is 5.99. The van der Waals surface area contributed by atoms with E-state index in [2.05, 4.69) is 4.98 Å². The smallest absolute Gasteiger partial charge is 0.291 e. The van der Waals surface area contributed by atoms with Gasteiger partial charge in [0.2, 0.25) is 5.76 Å². The number of benzene rings is 2. The Morgan fingerprint density at radius 2 is 1.97 bits per heavy atom. The van der Waals surface area contributed by atoms with Crippen LogP contribution in [0, 0.1) is 6.92 Å². The van der Waals surface area contributed by atoms with E-state index >= 15 is 0 Å². The molecule has 1 atom stereocenters. The molecule has 2 aromatic heterocycles. The highest BCUT2D eigenvalue weighted by atomic mass is 16.5. The summed E-state index contributed by atoms with van der Waals surface area (Å²) in [7, 11) is 0. The predicted molar refractivity (Wildman–Crippen MR) is 121 cm³/mol. The van der Waals surface area contributed by atoms with E-state index in [0.29, 0.717) is 35.4 Å². The fourth-order valence-electron chi connectivity index (χ4n) is 4.27. The van der Waals surface area contributed by atoms with Gasteiger partial charge in [0, 0.05) is 18.9 Å². The number of carbonyl (C=O) groups is 1. The van der Waals surface area contributed by atoms with E-state index < -0.39 is 6.04 Å². The number of rotatable bonds is 5. The van der Waals surface area contributed by atoms with Crippen LogP contribution >= 0.6 is 0 Å². The van der Waals surface area contributed by atoms with Crippen LogP contribution in [-0.4, -0.2) is 22.4 Å². The Morgan fingerprint density at radius 3 is 2.75 bits per heavy atom. The summed E-state index contributed by atoms with van der Waals surface area (Å²) in [5, 5.41) is 0.478. The zero-order chi connectivity index (χ0) is 22.2. The number of nitrogens with zero attached hydrogens (tertiary/aromatic N) is 2. The van der Waals surface area contributed by atoms with Crippen molar-refractivity contribution in [1.82, 2.24) is 9.88 Å². The van der Waals surface area contributed by atoms with Gasteiger partial charge in [-0.1, -0.05) is 29.8 Å². The Labute approximate surface area is 185 Å². The lowest BCUT2D eigenvalue weighted by Crippen LogP contribution is -2.29.